The summed E-state index contributed by atoms with van der Waals surface area (Å²) in [6, 6.07) is 24.4. The molecule has 2 atom stereocenters. The van der Waals surface area contributed by atoms with E-state index in [-0.39, 0.29) is 23.6 Å². The Hall–Kier alpha value is -2.88. The fourth-order valence-corrected chi connectivity index (χ4v) is 5.56. The summed E-state index contributed by atoms with van der Waals surface area (Å²) >= 11 is 11.3. The highest BCUT2D eigenvalue weighted by Gasteiger charge is 2.33. The smallest absolute Gasteiger partial charge is 0.269 e. The van der Waals surface area contributed by atoms with Gasteiger partial charge in [-0.25, -0.2) is 0 Å². The SMILES string of the molecule is O=C(Nc1ccc(Sc2ccc([N+](=O)[O-])cc2)cc1)C1CCN(C(=S)S)C(Cc2ccccc2)C1. The predicted molar refractivity (Wildman–Crippen MR) is 147 cm³/mol. The van der Waals surface area contributed by atoms with Crippen molar-refractivity contribution in [3.8, 4) is 0 Å². The minimum Gasteiger partial charge on any atom is -0.354 e. The molecule has 180 valence electrons. The van der Waals surface area contributed by atoms with Gasteiger partial charge in [0.1, 0.15) is 4.32 Å². The van der Waals surface area contributed by atoms with Gasteiger partial charge >= 0.3 is 0 Å². The van der Waals surface area contributed by atoms with E-state index in [1.807, 2.05) is 42.5 Å². The van der Waals surface area contributed by atoms with Gasteiger partial charge in [-0.05, 0) is 61.2 Å². The maximum atomic E-state index is 13.1. The number of thiol groups is 1. The van der Waals surface area contributed by atoms with Crippen LogP contribution in [0, 0.1) is 16.0 Å². The van der Waals surface area contributed by atoms with Crippen molar-refractivity contribution < 1.29 is 9.72 Å². The zero-order chi connectivity index (χ0) is 24.8. The fraction of sp³-hybridized carbons (Fsp3) is 0.231. The Kier molecular flexibility index (Phi) is 8.43. The van der Waals surface area contributed by atoms with Crippen LogP contribution >= 0.6 is 36.6 Å². The summed E-state index contributed by atoms with van der Waals surface area (Å²) in [6.07, 6.45) is 2.27. The van der Waals surface area contributed by atoms with Crippen molar-refractivity contribution in [2.24, 2.45) is 5.92 Å². The molecule has 0 aliphatic carbocycles. The second kappa shape index (κ2) is 11.7. The van der Waals surface area contributed by atoms with E-state index >= 15 is 0 Å². The Morgan fingerprint density at radius 2 is 1.69 bits per heavy atom. The first-order valence-electron chi connectivity index (χ1n) is 11.3. The predicted octanol–water partition coefficient (Wildman–Crippen LogP) is 6.22. The van der Waals surface area contributed by atoms with Gasteiger partial charge in [0.15, 0.2) is 0 Å². The van der Waals surface area contributed by atoms with Crippen molar-refractivity contribution in [2.45, 2.75) is 35.1 Å². The number of nitro benzene ring substituents is 1. The van der Waals surface area contributed by atoms with Gasteiger partial charge in [-0.1, -0.05) is 54.3 Å². The number of amides is 1. The summed E-state index contributed by atoms with van der Waals surface area (Å²) in [5, 5.41) is 13.9. The fourth-order valence-electron chi connectivity index (χ4n) is 4.24. The second-order valence-corrected chi connectivity index (χ2v) is 10.7. The zero-order valence-corrected chi connectivity index (χ0v) is 21.4. The number of anilines is 1. The molecule has 0 bridgehead atoms. The molecule has 3 aromatic carbocycles. The lowest BCUT2D eigenvalue weighted by Gasteiger charge is -2.39. The Bertz CT molecular complexity index is 1190. The van der Waals surface area contributed by atoms with Crippen molar-refractivity contribution in [3.63, 3.8) is 0 Å². The number of carbonyl (C=O) groups excluding carboxylic acids is 1. The van der Waals surface area contributed by atoms with Crippen molar-refractivity contribution >= 4 is 58.2 Å². The molecular weight excluding hydrogens is 499 g/mol. The van der Waals surface area contributed by atoms with Crippen LogP contribution in [0.1, 0.15) is 18.4 Å². The molecule has 6 nitrogen and oxygen atoms in total. The maximum absolute atomic E-state index is 13.1. The first kappa shape index (κ1) is 25.2. The van der Waals surface area contributed by atoms with Crippen LogP contribution in [0.3, 0.4) is 0 Å². The molecule has 9 heteroatoms. The van der Waals surface area contributed by atoms with Gasteiger partial charge in [-0.15, -0.1) is 12.6 Å². The van der Waals surface area contributed by atoms with Crippen molar-refractivity contribution in [1.29, 1.82) is 0 Å². The number of hydrogen-bond acceptors (Lipinski definition) is 5. The van der Waals surface area contributed by atoms with Crippen LogP contribution in [0.15, 0.2) is 88.7 Å². The number of thiocarbonyl (C=S) groups is 1. The molecule has 0 aromatic heterocycles. The third-order valence-electron chi connectivity index (χ3n) is 6.05. The monoisotopic (exact) mass is 523 g/mol. The molecule has 1 fully saturated rings. The van der Waals surface area contributed by atoms with E-state index in [1.54, 1.807) is 12.1 Å². The molecule has 1 amide bonds. The topological polar surface area (TPSA) is 75.5 Å². The Labute approximate surface area is 219 Å². The van der Waals surface area contributed by atoms with E-state index < -0.39 is 4.92 Å². The highest BCUT2D eigenvalue weighted by Crippen LogP contribution is 2.31. The van der Waals surface area contributed by atoms with Gasteiger partial charge in [-0.2, -0.15) is 0 Å². The summed E-state index contributed by atoms with van der Waals surface area (Å²) in [4.78, 5) is 27.5. The molecular formula is C26H25N3O3S3. The van der Waals surface area contributed by atoms with Crippen LogP contribution in [0.25, 0.3) is 0 Å². The minimum absolute atomic E-state index is 0.0172. The quantitative estimate of drug-likeness (QED) is 0.166. The molecule has 1 N–H and O–H groups in total. The number of hydrogen-bond donors (Lipinski definition) is 2. The van der Waals surface area contributed by atoms with E-state index in [9.17, 15) is 14.9 Å². The molecule has 0 saturated carbocycles. The van der Waals surface area contributed by atoms with E-state index in [0.29, 0.717) is 10.9 Å². The summed E-state index contributed by atoms with van der Waals surface area (Å²) in [5.41, 5.74) is 2.03. The number of likely N-dealkylation sites (tertiary alicyclic amines) is 1. The van der Waals surface area contributed by atoms with Crippen LogP contribution in [0.2, 0.25) is 0 Å². The summed E-state index contributed by atoms with van der Waals surface area (Å²) in [7, 11) is 0. The van der Waals surface area contributed by atoms with Crippen LogP contribution in [-0.4, -0.2) is 32.6 Å². The standard InChI is InChI=1S/C26H25N3O3S3/c30-25(19-14-15-28(26(33)34)22(17-19)16-18-4-2-1-3-5-18)27-20-6-10-23(11-7-20)35-24-12-8-21(9-13-24)29(31)32/h1-13,19,22H,14-17H2,(H,27,30)(H,33,34). The number of benzene rings is 3. The van der Waals surface area contributed by atoms with E-state index in [0.717, 1.165) is 34.7 Å². The normalized spacial score (nSPS) is 17.6. The van der Waals surface area contributed by atoms with Crippen molar-refractivity contribution in [3.05, 3.63) is 94.5 Å². The second-order valence-electron chi connectivity index (χ2n) is 8.41. The van der Waals surface area contributed by atoms with Gasteiger partial charge in [-0.3, -0.25) is 14.9 Å². The van der Waals surface area contributed by atoms with Crippen LogP contribution in [0.5, 0.6) is 0 Å². The number of piperidine rings is 1. The number of rotatable bonds is 7. The number of nitrogens with zero attached hydrogens (tertiary/aromatic N) is 2. The summed E-state index contributed by atoms with van der Waals surface area (Å²) < 4.78 is 0.575. The zero-order valence-electron chi connectivity index (χ0n) is 18.9. The van der Waals surface area contributed by atoms with Gasteiger partial charge in [0.05, 0.1) is 4.92 Å². The molecule has 3 aromatic rings. The number of nitro groups is 1. The highest BCUT2D eigenvalue weighted by molar-refractivity contribution is 8.10. The first-order valence-corrected chi connectivity index (χ1v) is 12.9. The van der Waals surface area contributed by atoms with Gasteiger partial charge in [0.25, 0.3) is 5.69 Å². The Morgan fingerprint density at radius 1 is 1.06 bits per heavy atom. The average Bonchev–Trinajstić information content (AvgIpc) is 2.86. The molecule has 1 heterocycles. The Morgan fingerprint density at radius 3 is 2.29 bits per heavy atom. The first-order chi connectivity index (χ1) is 16.9. The number of nitrogens with one attached hydrogen (secondary N) is 1. The van der Waals surface area contributed by atoms with Crippen LogP contribution in [-0.2, 0) is 11.2 Å². The molecule has 4 rings (SSSR count). The number of non-ortho nitro benzene ring substituents is 1. The molecule has 2 unspecified atom stereocenters. The maximum Gasteiger partial charge on any atom is 0.269 e. The lowest BCUT2D eigenvalue weighted by Crippen LogP contribution is -2.47. The molecule has 0 spiro atoms. The molecule has 1 aliphatic rings. The van der Waals surface area contributed by atoms with Crippen LogP contribution in [0.4, 0.5) is 11.4 Å². The molecule has 35 heavy (non-hydrogen) atoms. The van der Waals surface area contributed by atoms with Crippen LogP contribution < -0.4 is 5.32 Å². The van der Waals surface area contributed by atoms with Gasteiger partial charge in [0.2, 0.25) is 5.91 Å². The summed E-state index contributed by atoms with van der Waals surface area (Å²) in [5.74, 6) is -0.0830. The van der Waals surface area contributed by atoms with E-state index in [4.69, 9.17) is 12.2 Å². The average molecular weight is 524 g/mol. The molecule has 1 aliphatic heterocycles. The van der Waals surface area contributed by atoms with Gasteiger partial charge < -0.3 is 10.2 Å². The van der Waals surface area contributed by atoms with E-state index in [1.165, 1.54) is 29.5 Å². The Balaban J connectivity index is 1.36. The summed E-state index contributed by atoms with van der Waals surface area (Å²) in [6.45, 7) is 0.711. The third-order valence-corrected chi connectivity index (χ3v) is 7.56. The van der Waals surface area contributed by atoms with E-state index in [2.05, 4.69) is 35.0 Å². The number of carbonyl (C=O) groups is 1. The van der Waals surface area contributed by atoms with Gasteiger partial charge in [0, 0.05) is 46.1 Å². The largest absolute Gasteiger partial charge is 0.354 e. The molecule has 1 saturated heterocycles. The van der Waals surface area contributed by atoms with Crippen molar-refractivity contribution in [2.75, 3.05) is 11.9 Å². The third kappa shape index (κ3) is 6.84. The minimum atomic E-state index is -0.410. The van der Waals surface area contributed by atoms with Crippen molar-refractivity contribution in [1.82, 2.24) is 4.90 Å². The molecule has 0 radical (unpaired) electrons. The highest BCUT2D eigenvalue weighted by atomic mass is 32.2. The lowest BCUT2D eigenvalue weighted by atomic mass is 9.87. The lowest BCUT2D eigenvalue weighted by molar-refractivity contribution is -0.384.